The standard InChI is InChI=1S/C24H29N5O5/c1-33-22(30)12-16-2-6-20(7-3-16)34-24(32)29-11-8-17-13-19(5-4-18(17)15-29)27-23(31)28-21-14-25-9-10-26-21/h4-5,9-10,13-14,16,20H,2-3,6-8,11-12,15H2,1H3,(H2,26,27,28,31). The second kappa shape index (κ2) is 11.0. The molecule has 0 saturated heterocycles. The van der Waals surface area contributed by atoms with Crippen molar-refractivity contribution < 1.29 is 23.9 Å². The molecule has 2 aromatic rings. The van der Waals surface area contributed by atoms with Crippen LogP contribution < -0.4 is 10.6 Å². The highest BCUT2D eigenvalue weighted by Crippen LogP contribution is 2.30. The van der Waals surface area contributed by atoms with Crippen molar-refractivity contribution in [2.24, 2.45) is 5.92 Å². The van der Waals surface area contributed by atoms with Gasteiger partial charge in [0.15, 0.2) is 5.82 Å². The molecule has 2 aliphatic rings. The van der Waals surface area contributed by atoms with Gasteiger partial charge in [-0.1, -0.05) is 6.07 Å². The number of aromatic nitrogens is 2. The van der Waals surface area contributed by atoms with Crippen molar-refractivity contribution in [3.63, 3.8) is 0 Å². The molecule has 180 valence electrons. The van der Waals surface area contributed by atoms with Gasteiger partial charge in [-0.2, -0.15) is 0 Å². The van der Waals surface area contributed by atoms with Crippen LogP contribution in [0.3, 0.4) is 0 Å². The fourth-order valence-corrected chi connectivity index (χ4v) is 4.42. The van der Waals surface area contributed by atoms with Gasteiger partial charge in [-0.25, -0.2) is 14.6 Å². The Morgan fingerprint density at radius 2 is 1.91 bits per heavy atom. The first-order valence-electron chi connectivity index (χ1n) is 11.5. The summed E-state index contributed by atoms with van der Waals surface area (Å²) in [6.07, 6.45) is 8.45. The Labute approximate surface area is 198 Å². The number of hydrogen-bond donors (Lipinski definition) is 2. The highest BCUT2D eigenvalue weighted by molar-refractivity contribution is 5.99. The van der Waals surface area contributed by atoms with Gasteiger partial charge in [0.1, 0.15) is 6.10 Å². The van der Waals surface area contributed by atoms with Gasteiger partial charge in [0, 0.05) is 37.6 Å². The molecule has 0 bridgehead atoms. The molecule has 4 rings (SSSR count). The van der Waals surface area contributed by atoms with E-state index in [9.17, 15) is 14.4 Å². The molecule has 1 fully saturated rings. The predicted molar refractivity (Wildman–Crippen MR) is 124 cm³/mol. The molecule has 2 N–H and O–H groups in total. The zero-order valence-electron chi connectivity index (χ0n) is 19.2. The van der Waals surface area contributed by atoms with Crippen LogP contribution in [-0.2, 0) is 27.2 Å². The van der Waals surface area contributed by atoms with E-state index < -0.39 is 6.03 Å². The number of nitrogens with one attached hydrogen (secondary N) is 2. The van der Waals surface area contributed by atoms with Crippen LogP contribution in [0.2, 0.25) is 0 Å². The van der Waals surface area contributed by atoms with E-state index in [1.807, 2.05) is 18.2 Å². The van der Waals surface area contributed by atoms with Crippen molar-refractivity contribution >= 4 is 29.6 Å². The zero-order valence-corrected chi connectivity index (χ0v) is 19.2. The summed E-state index contributed by atoms with van der Waals surface area (Å²) in [5, 5.41) is 5.43. The van der Waals surface area contributed by atoms with Gasteiger partial charge in [0.2, 0.25) is 0 Å². The third-order valence-corrected chi connectivity index (χ3v) is 6.28. The fourth-order valence-electron chi connectivity index (χ4n) is 4.42. The molecule has 1 aromatic heterocycles. The Hall–Kier alpha value is -3.69. The van der Waals surface area contributed by atoms with E-state index in [2.05, 4.69) is 20.6 Å². The number of anilines is 2. The fraction of sp³-hybridized carbons (Fsp3) is 0.458. The van der Waals surface area contributed by atoms with Crippen molar-refractivity contribution in [3.8, 4) is 0 Å². The Kier molecular flexibility index (Phi) is 7.56. The summed E-state index contributed by atoms with van der Waals surface area (Å²) < 4.78 is 10.5. The van der Waals surface area contributed by atoms with Crippen molar-refractivity contribution in [3.05, 3.63) is 47.9 Å². The maximum Gasteiger partial charge on any atom is 0.410 e. The number of amides is 3. The summed E-state index contributed by atoms with van der Waals surface area (Å²) in [5.74, 6) is 0.482. The van der Waals surface area contributed by atoms with E-state index in [0.717, 1.165) is 36.8 Å². The van der Waals surface area contributed by atoms with Crippen molar-refractivity contribution in [1.29, 1.82) is 0 Å². The van der Waals surface area contributed by atoms with Gasteiger partial charge in [0.05, 0.1) is 13.3 Å². The molecule has 10 nitrogen and oxygen atoms in total. The minimum absolute atomic E-state index is 0.109. The van der Waals surface area contributed by atoms with Crippen LogP contribution in [0.15, 0.2) is 36.8 Å². The van der Waals surface area contributed by atoms with E-state index in [-0.39, 0.29) is 18.2 Å². The molecule has 1 aliphatic carbocycles. The molecule has 0 radical (unpaired) electrons. The smallest absolute Gasteiger partial charge is 0.410 e. The molecular weight excluding hydrogens is 438 g/mol. The lowest BCUT2D eigenvalue weighted by atomic mass is 9.85. The number of rotatable bonds is 5. The first-order chi connectivity index (χ1) is 16.5. The summed E-state index contributed by atoms with van der Waals surface area (Å²) in [5.41, 5.74) is 2.79. The average molecular weight is 468 g/mol. The molecule has 0 unspecified atom stereocenters. The quantitative estimate of drug-likeness (QED) is 0.642. The first kappa shape index (κ1) is 23.5. The second-order valence-electron chi connectivity index (χ2n) is 8.63. The van der Waals surface area contributed by atoms with Crippen LogP contribution in [0.5, 0.6) is 0 Å². The number of benzene rings is 1. The summed E-state index contributed by atoms with van der Waals surface area (Å²) in [4.78, 5) is 46.0. The summed E-state index contributed by atoms with van der Waals surface area (Å²) in [6, 6.07) is 5.26. The molecule has 0 spiro atoms. The van der Waals surface area contributed by atoms with E-state index in [1.165, 1.54) is 25.7 Å². The van der Waals surface area contributed by atoms with Crippen LogP contribution in [0.4, 0.5) is 21.1 Å². The molecule has 1 aromatic carbocycles. The third-order valence-electron chi connectivity index (χ3n) is 6.28. The topological polar surface area (TPSA) is 123 Å². The van der Waals surface area contributed by atoms with E-state index >= 15 is 0 Å². The van der Waals surface area contributed by atoms with Crippen LogP contribution in [0.25, 0.3) is 0 Å². The van der Waals surface area contributed by atoms with Crippen LogP contribution >= 0.6 is 0 Å². The maximum absolute atomic E-state index is 12.7. The number of urea groups is 1. The van der Waals surface area contributed by atoms with Crippen LogP contribution in [-0.4, -0.2) is 52.7 Å². The lowest BCUT2D eigenvalue weighted by Crippen LogP contribution is -2.39. The number of nitrogens with zero attached hydrogens (tertiary/aromatic N) is 3. The largest absolute Gasteiger partial charge is 0.469 e. The highest BCUT2D eigenvalue weighted by Gasteiger charge is 2.28. The number of esters is 1. The highest BCUT2D eigenvalue weighted by atomic mass is 16.6. The minimum atomic E-state index is -0.400. The molecule has 34 heavy (non-hydrogen) atoms. The van der Waals surface area contributed by atoms with E-state index in [0.29, 0.717) is 43.4 Å². The van der Waals surface area contributed by atoms with Crippen molar-refractivity contribution in [1.82, 2.24) is 14.9 Å². The SMILES string of the molecule is COC(=O)CC1CCC(OC(=O)N2CCc3cc(NC(=O)Nc4cnccn4)ccc3C2)CC1. The lowest BCUT2D eigenvalue weighted by Gasteiger charge is -2.32. The molecule has 2 heterocycles. The Bertz CT molecular complexity index is 1020. The number of carbonyl (C=O) groups excluding carboxylic acids is 3. The summed E-state index contributed by atoms with van der Waals surface area (Å²) in [6.45, 7) is 1.02. The average Bonchev–Trinajstić information content (AvgIpc) is 2.85. The van der Waals surface area contributed by atoms with Gasteiger partial charge >= 0.3 is 18.1 Å². The lowest BCUT2D eigenvalue weighted by molar-refractivity contribution is -0.142. The summed E-state index contributed by atoms with van der Waals surface area (Å²) >= 11 is 0. The molecule has 0 atom stereocenters. The molecule has 3 amide bonds. The monoisotopic (exact) mass is 467 g/mol. The van der Waals surface area contributed by atoms with Crippen LogP contribution in [0.1, 0.15) is 43.2 Å². The summed E-state index contributed by atoms with van der Waals surface area (Å²) in [7, 11) is 1.40. The Morgan fingerprint density at radius 1 is 1.09 bits per heavy atom. The minimum Gasteiger partial charge on any atom is -0.469 e. The first-order valence-corrected chi connectivity index (χ1v) is 11.5. The number of hydrogen-bond acceptors (Lipinski definition) is 7. The van der Waals surface area contributed by atoms with Gasteiger partial charge < -0.3 is 19.7 Å². The maximum atomic E-state index is 12.7. The normalized spacial score (nSPS) is 19.5. The van der Waals surface area contributed by atoms with Gasteiger partial charge in [0.25, 0.3) is 0 Å². The Balaban J connectivity index is 1.25. The van der Waals surface area contributed by atoms with Gasteiger partial charge in [-0.15, -0.1) is 0 Å². The van der Waals surface area contributed by atoms with Crippen molar-refractivity contribution in [2.75, 3.05) is 24.3 Å². The van der Waals surface area contributed by atoms with Gasteiger partial charge in [-0.3, -0.25) is 15.1 Å². The molecule has 1 saturated carbocycles. The number of fused-ring (bicyclic) bond motifs is 1. The molecule has 10 heteroatoms. The van der Waals surface area contributed by atoms with Crippen LogP contribution in [0, 0.1) is 5.92 Å². The Morgan fingerprint density at radius 3 is 2.65 bits per heavy atom. The second-order valence-corrected chi connectivity index (χ2v) is 8.63. The number of ether oxygens (including phenoxy) is 2. The van der Waals surface area contributed by atoms with E-state index in [4.69, 9.17) is 9.47 Å². The van der Waals surface area contributed by atoms with Crippen molar-refractivity contribution in [2.45, 2.75) is 51.2 Å². The molecular formula is C24H29N5O5. The molecule has 1 aliphatic heterocycles. The number of carbonyl (C=O) groups is 3. The third kappa shape index (κ3) is 6.21. The van der Waals surface area contributed by atoms with E-state index in [1.54, 1.807) is 4.90 Å². The van der Waals surface area contributed by atoms with Gasteiger partial charge in [-0.05, 0) is 61.3 Å². The number of methoxy groups -OCH3 is 1. The zero-order chi connectivity index (χ0) is 23.9. The predicted octanol–water partition coefficient (Wildman–Crippen LogP) is 3.74.